The van der Waals surface area contributed by atoms with E-state index in [-0.39, 0.29) is 0 Å². The summed E-state index contributed by atoms with van der Waals surface area (Å²) in [5, 5.41) is 0. The van der Waals surface area contributed by atoms with Crippen LogP contribution in [0.5, 0.6) is 0 Å². The van der Waals surface area contributed by atoms with Crippen molar-refractivity contribution in [3.05, 3.63) is 35.9 Å². The number of piperazine rings is 1. The zero-order valence-electron chi connectivity index (χ0n) is 13.3. The average molecular weight is 298 g/mol. The summed E-state index contributed by atoms with van der Waals surface area (Å²) >= 11 is 0. The minimum Gasteiger partial charge on any atom is -0.340 e. The Morgan fingerprint density at radius 1 is 1.00 bits per heavy atom. The van der Waals surface area contributed by atoms with E-state index in [1.54, 1.807) is 0 Å². The van der Waals surface area contributed by atoms with Crippen LogP contribution in [0.4, 0.5) is 0 Å². The number of hydrogen-bond acceptors (Lipinski definition) is 2. The Hall–Kier alpha value is -1.35. The van der Waals surface area contributed by atoms with E-state index in [0.29, 0.717) is 17.7 Å². The van der Waals surface area contributed by atoms with Crippen molar-refractivity contribution in [3.63, 3.8) is 0 Å². The van der Waals surface area contributed by atoms with Gasteiger partial charge in [-0.3, -0.25) is 9.69 Å². The second-order valence-electron chi connectivity index (χ2n) is 7.37. The molecule has 3 nitrogen and oxygen atoms in total. The van der Waals surface area contributed by atoms with Crippen LogP contribution in [0.2, 0.25) is 0 Å². The lowest BCUT2D eigenvalue weighted by Gasteiger charge is -2.37. The van der Waals surface area contributed by atoms with Crippen LogP contribution >= 0.6 is 0 Å². The lowest BCUT2D eigenvalue weighted by molar-refractivity contribution is -0.139. The van der Waals surface area contributed by atoms with Gasteiger partial charge in [0.25, 0.3) is 0 Å². The highest BCUT2D eigenvalue weighted by molar-refractivity contribution is 5.79. The first-order valence-corrected chi connectivity index (χ1v) is 8.84. The first-order chi connectivity index (χ1) is 10.8. The molecule has 118 valence electrons. The zero-order chi connectivity index (χ0) is 14.9. The van der Waals surface area contributed by atoms with E-state index < -0.39 is 0 Å². The van der Waals surface area contributed by atoms with E-state index in [9.17, 15) is 4.79 Å². The predicted molar refractivity (Wildman–Crippen MR) is 87.2 cm³/mol. The van der Waals surface area contributed by atoms with Gasteiger partial charge < -0.3 is 4.90 Å². The van der Waals surface area contributed by atoms with Crippen LogP contribution in [0.1, 0.15) is 31.2 Å². The number of hydrogen-bond donors (Lipinski definition) is 0. The highest BCUT2D eigenvalue weighted by Crippen LogP contribution is 2.48. The third-order valence-corrected chi connectivity index (χ3v) is 5.99. The van der Waals surface area contributed by atoms with Gasteiger partial charge in [-0.05, 0) is 36.7 Å². The fourth-order valence-electron chi connectivity index (χ4n) is 4.75. The Morgan fingerprint density at radius 3 is 2.41 bits per heavy atom. The lowest BCUT2D eigenvalue weighted by Crippen LogP contribution is -2.50. The summed E-state index contributed by atoms with van der Waals surface area (Å²) in [6, 6.07) is 10.6. The molecule has 0 radical (unpaired) electrons. The zero-order valence-corrected chi connectivity index (χ0v) is 13.3. The van der Waals surface area contributed by atoms with Crippen molar-refractivity contribution in [3.8, 4) is 0 Å². The summed E-state index contributed by atoms with van der Waals surface area (Å²) in [6.45, 7) is 4.87. The number of benzene rings is 1. The third kappa shape index (κ3) is 2.79. The molecule has 1 aromatic carbocycles. The molecule has 3 aliphatic rings. The normalized spacial score (nSPS) is 31.6. The van der Waals surface area contributed by atoms with E-state index in [1.807, 2.05) is 0 Å². The number of carbonyl (C=O) groups is 1. The van der Waals surface area contributed by atoms with Gasteiger partial charge in [-0.15, -0.1) is 0 Å². The number of amides is 1. The number of carbonyl (C=O) groups excluding carboxylic acids is 1. The molecule has 0 aromatic heterocycles. The molecule has 3 atom stereocenters. The molecule has 1 amide bonds. The molecular formula is C19H26N2O. The fraction of sp³-hybridized carbons (Fsp3) is 0.632. The van der Waals surface area contributed by atoms with Crippen LogP contribution in [0.3, 0.4) is 0 Å². The molecule has 3 fully saturated rings. The van der Waals surface area contributed by atoms with Gasteiger partial charge in [0.2, 0.25) is 5.91 Å². The van der Waals surface area contributed by atoms with E-state index in [2.05, 4.69) is 40.1 Å². The number of nitrogens with zero attached hydrogens (tertiary/aromatic N) is 2. The van der Waals surface area contributed by atoms with Crippen molar-refractivity contribution in [2.75, 3.05) is 26.2 Å². The Labute approximate surface area is 133 Å². The quantitative estimate of drug-likeness (QED) is 0.856. The van der Waals surface area contributed by atoms with Crippen molar-refractivity contribution >= 4 is 5.91 Å². The summed E-state index contributed by atoms with van der Waals surface area (Å²) < 4.78 is 0. The van der Waals surface area contributed by atoms with Crippen molar-refractivity contribution in [2.24, 2.45) is 17.8 Å². The summed E-state index contributed by atoms with van der Waals surface area (Å²) in [5.41, 5.74) is 1.37. The van der Waals surface area contributed by atoms with Gasteiger partial charge in [0.1, 0.15) is 0 Å². The summed E-state index contributed by atoms with van der Waals surface area (Å²) in [5.74, 6) is 2.39. The van der Waals surface area contributed by atoms with Crippen LogP contribution in [-0.4, -0.2) is 41.9 Å². The molecule has 2 aliphatic carbocycles. The Balaban J connectivity index is 1.29. The van der Waals surface area contributed by atoms with Crippen LogP contribution in [0, 0.1) is 17.8 Å². The van der Waals surface area contributed by atoms with Crippen molar-refractivity contribution in [2.45, 2.75) is 32.2 Å². The maximum Gasteiger partial charge on any atom is 0.226 e. The van der Waals surface area contributed by atoms with Gasteiger partial charge >= 0.3 is 0 Å². The molecule has 4 rings (SSSR count). The number of rotatable bonds is 3. The molecule has 1 aliphatic heterocycles. The Kier molecular flexibility index (Phi) is 3.91. The van der Waals surface area contributed by atoms with E-state index >= 15 is 0 Å². The lowest BCUT2D eigenvalue weighted by atomic mass is 9.87. The highest BCUT2D eigenvalue weighted by atomic mass is 16.2. The van der Waals surface area contributed by atoms with Gasteiger partial charge in [0.05, 0.1) is 0 Å². The third-order valence-electron chi connectivity index (χ3n) is 5.99. The van der Waals surface area contributed by atoms with Gasteiger partial charge in [0.15, 0.2) is 0 Å². The van der Waals surface area contributed by atoms with Gasteiger partial charge in [0, 0.05) is 38.6 Å². The summed E-state index contributed by atoms with van der Waals surface area (Å²) in [4.78, 5) is 17.4. The monoisotopic (exact) mass is 298 g/mol. The smallest absolute Gasteiger partial charge is 0.226 e. The fourth-order valence-corrected chi connectivity index (χ4v) is 4.75. The standard InChI is InChI=1S/C19H26N2O/c22-19(18-13-16-6-7-17(18)12-16)21-10-8-20(9-11-21)14-15-4-2-1-3-5-15/h1-5,16-18H,6-14H2/t16-,17+,18+/m0/s1. The van der Waals surface area contributed by atoms with Gasteiger partial charge in [-0.25, -0.2) is 0 Å². The molecule has 0 spiro atoms. The second-order valence-corrected chi connectivity index (χ2v) is 7.37. The van der Waals surface area contributed by atoms with Crippen LogP contribution in [-0.2, 0) is 11.3 Å². The second kappa shape index (κ2) is 6.04. The van der Waals surface area contributed by atoms with Crippen molar-refractivity contribution in [1.29, 1.82) is 0 Å². The largest absolute Gasteiger partial charge is 0.340 e. The first-order valence-electron chi connectivity index (χ1n) is 8.84. The van der Waals surface area contributed by atoms with Crippen LogP contribution < -0.4 is 0 Å². The molecule has 1 aromatic rings. The SMILES string of the molecule is O=C([C@@H]1C[C@H]2CC[C@@H]1C2)N1CCN(Cc2ccccc2)CC1. The topological polar surface area (TPSA) is 23.6 Å². The molecule has 1 saturated heterocycles. The Bertz CT molecular complexity index is 521. The van der Waals surface area contributed by atoms with Crippen molar-refractivity contribution in [1.82, 2.24) is 9.80 Å². The minimum absolute atomic E-state index is 0.361. The van der Waals surface area contributed by atoms with E-state index in [0.717, 1.165) is 38.6 Å². The van der Waals surface area contributed by atoms with Crippen molar-refractivity contribution < 1.29 is 4.79 Å². The van der Waals surface area contributed by atoms with Gasteiger partial charge in [-0.2, -0.15) is 0 Å². The summed E-state index contributed by atoms with van der Waals surface area (Å²) in [7, 11) is 0. The molecule has 1 heterocycles. The summed E-state index contributed by atoms with van der Waals surface area (Å²) in [6.07, 6.45) is 5.17. The van der Waals surface area contributed by atoms with E-state index in [4.69, 9.17) is 0 Å². The van der Waals surface area contributed by atoms with Crippen LogP contribution in [0.15, 0.2) is 30.3 Å². The van der Waals surface area contributed by atoms with Crippen LogP contribution in [0.25, 0.3) is 0 Å². The predicted octanol–water partition coefficient (Wildman–Crippen LogP) is 2.77. The molecule has 22 heavy (non-hydrogen) atoms. The first kappa shape index (κ1) is 14.3. The Morgan fingerprint density at radius 2 is 1.77 bits per heavy atom. The average Bonchev–Trinajstić information content (AvgIpc) is 3.19. The molecule has 3 heteroatoms. The molecule has 2 saturated carbocycles. The maximum absolute atomic E-state index is 12.8. The minimum atomic E-state index is 0.361. The van der Waals surface area contributed by atoms with Gasteiger partial charge in [-0.1, -0.05) is 36.8 Å². The maximum atomic E-state index is 12.8. The molecule has 2 bridgehead atoms. The molecule has 0 N–H and O–H groups in total. The van der Waals surface area contributed by atoms with E-state index in [1.165, 1.54) is 31.2 Å². The highest BCUT2D eigenvalue weighted by Gasteiger charge is 2.44. The molecule has 0 unspecified atom stereocenters. The number of fused-ring (bicyclic) bond motifs is 2. The molecular weight excluding hydrogens is 272 g/mol.